The van der Waals surface area contributed by atoms with Crippen LogP contribution in [0.5, 0.6) is 0 Å². The monoisotopic (exact) mass is 300 g/mol. The summed E-state index contributed by atoms with van der Waals surface area (Å²) >= 11 is 1.70. The molecule has 3 rings (SSSR count). The number of aromatic nitrogens is 2. The molecule has 0 saturated carbocycles. The molecular formula is C17H20N2OS. The molecule has 4 heteroatoms. The Bertz CT molecular complexity index is 772. The number of benzene rings is 1. The number of thiophene rings is 1. The van der Waals surface area contributed by atoms with Crippen molar-refractivity contribution in [3.05, 3.63) is 52.2 Å². The van der Waals surface area contributed by atoms with E-state index < -0.39 is 6.10 Å². The number of aryl methyl sites for hydroxylation is 2. The lowest BCUT2D eigenvalue weighted by Crippen LogP contribution is -2.01. The van der Waals surface area contributed by atoms with Gasteiger partial charge in [0.05, 0.1) is 11.8 Å². The van der Waals surface area contributed by atoms with E-state index in [-0.39, 0.29) is 0 Å². The largest absolute Gasteiger partial charge is 0.388 e. The maximum absolute atomic E-state index is 10.6. The van der Waals surface area contributed by atoms with Crippen LogP contribution >= 0.6 is 11.3 Å². The van der Waals surface area contributed by atoms with Crippen molar-refractivity contribution in [1.29, 1.82) is 0 Å². The molecule has 110 valence electrons. The lowest BCUT2D eigenvalue weighted by atomic mass is 9.99. The van der Waals surface area contributed by atoms with E-state index in [2.05, 4.69) is 29.5 Å². The minimum Gasteiger partial charge on any atom is -0.388 e. The lowest BCUT2D eigenvalue weighted by molar-refractivity contribution is 0.169. The minimum absolute atomic E-state index is 0.425. The lowest BCUT2D eigenvalue weighted by Gasteiger charge is -2.12. The molecule has 0 aliphatic rings. The van der Waals surface area contributed by atoms with Gasteiger partial charge < -0.3 is 5.11 Å². The molecule has 1 atom stereocenters. The fraction of sp³-hybridized carbons (Fsp3) is 0.353. The fourth-order valence-corrected chi connectivity index (χ4v) is 3.86. The van der Waals surface area contributed by atoms with Gasteiger partial charge in [-0.1, -0.05) is 18.2 Å². The molecule has 0 fully saturated rings. The predicted molar refractivity (Wildman–Crippen MR) is 87.8 cm³/mol. The Morgan fingerprint density at radius 3 is 2.81 bits per heavy atom. The van der Waals surface area contributed by atoms with Crippen molar-refractivity contribution in [2.75, 3.05) is 0 Å². The third-order valence-corrected chi connectivity index (χ3v) is 5.17. The van der Waals surface area contributed by atoms with Crippen LogP contribution in [0.15, 0.2) is 29.6 Å². The van der Waals surface area contributed by atoms with Crippen LogP contribution in [0.2, 0.25) is 0 Å². The highest BCUT2D eigenvalue weighted by molar-refractivity contribution is 7.17. The summed E-state index contributed by atoms with van der Waals surface area (Å²) in [7, 11) is 1.97. The smallest absolute Gasteiger partial charge is 0.0807 e. The summed E-state index contributed by atoms with van der Waals surface area (Å²) < 4.78 is 3.11. The van der Waals surface area contributed by atoms with E-state index in [1.807, 2.05) is 30.8 Å². The van der Waals surface area contributed by atoms with Crippen LogP contribution in [0.1, 0.15) is 35.0 Å². The van der Waals surface area contributed by atoms with Crippen LogP contribution in [-0.4, -0.2) is 14.9 Å². The molecule has 1 unspecified atom stereocenters. The molecule has 1 aromatic carbocycles. The molecule has 0 saturated heterocycles. The summed E-state index contributed by atoms with van der Waals surface area (Å²) in [6.45, 7) is 4.12. The first-order valence-electron chi connectivity index (χ1n) is 7.21. The van der Waals surface area contributed by atoms with Crippen molar-refractivity contribution < 1.29 is 5.11 Å². The zero-order valence-corrected chi connectivity index (χ0v) is 13.4. The Labute approximate surface area is 128 Å². The number of aliphatic hydroxyl groups excluding tert-OH is 1. The number of hydrogen-bond donors (Lipinski definition) is 1. The standard InChI is InChI=1S/C17H20N2OS/c1-11-14(12(2)19(3)18-11)7-8-16(20)15-6-4-5-13-9-10-21-17(13)15/h4-6,9-10,16,20H,7-8H2,1-3H3. The van der Waals surface area contributed by atoms with Crippen molar-refractivity contribution in [2.24, 2.45) is 7.05 Å². The number of rotatable bonds is 4. The van der Waals surface area contributed by atoms with Gasteiger partial charge in [-0.3, -0.25) is 4.68 Å². The second-order valence-electron chi connectivity index (χ2n) is 5.51. The maximum Gasteiger partial charge on any atom is 0.0807 e. The van der Waals surface area contributed by atoms with Crippen LogP contribution in [0.3, 0.4) is 0 Å². The molecule has 0 amide bonds. The Kier molecular flexibility index (Phi) is 3.83. The summed E-state index contributed by atoms with van der Waals surface area (Å²) in [5, 5.41) is 18.3. The van der Waals surface area contributed by atoms with E-state index in [1.54, 1.807) is 11.3 Å². The molecule has 0 spiro atoms. The zero-order valence-electron chi connectivity index (χ0n) is 12.6. The first-order chi connectivity index (χ1) is 10.1. The van der Waals surface area contributed by atoms with Crippen LogP contribution in [0.25, 0.3) is 10.1 Å². The molecule has 2 aromatic heterocycles. The average molecular weight is 300 g/mol. The third-order valence-electron chi connectivity index (χ3n) is 4.20. The molecular weight excluding hydrogens is 280 g/mol. The van der Waals surface area contributed by atoms with Crippen LogP contribution in [0.4, 0.5) is 0 Å². The number of fused-ring (bicyclic) bond motifs is 1. The van der Waals surface area contributed by atoms with E-state index in [1.165, 1.54) is 21.3 Å². The zero-order chi connectivity index (χ0) is 15.0. The Morgan fingerprint density at radius 1 is 1.29 bits per heavy atom. The number of hydrogen-bond acceptors (Lipinski definition) is 3. The molecule has 0 aliphatic heterocycles. The van der Waals surface area contributed by atoms with Crippen molar-refractivity contribution in [1.82, 2.24) is 9.78 Å². The van der Waals surface area contributed by atoms with Gasteiger partial charge in [-0.2, -0.15) is 5.10 Å². The van der Waals surface area contributed by atoms with E-state index in [0.29, 0.717) is 0 Å². The van der Waals surface area contributed by atoms with Gasteiger partial charge in [0.2, 0.25) is 0 Å². The van der Waals surface area contributed by atoms with Crippen molar-refractivity contribution in [3.63, 3.8) is 0 Å². The Morgan fingerprint density at radius 2 is 2.10 bits per heavy atom. The molecule has 0 radical (unpaired) electrons. The highest BCUT2D eigenvalue weighted by Crippen LogP contribution is 2.31. The normalized spacial score (nSPS) is 13.0. The molecule has 21 heavy (non-hydrogen) atoms. The summed E-state index contributed by atoms with van der Waals surface area (Å²) in [6.07, 6.45) is 1.16. The topological polar surface area (TPSA) is 38.0 Å². The maximum atomic E-state index is 10.6. The van der Waals surface area contributed by atoms with Gasteiger partial charge in [-0.25, -0.2) is 0 Å². The van der Waals surface area contributed by atoms with E-state index >= 15 is 0 Å². The molecule has 0 bridgehead atoms. The first-order valence-corrected chi connectivity index (χ1v) is 8.09. The number of nitrogens with zero attached hydrogens (tertiary/aromatic N) is 2. The van der Waals surface area contributed by atoms with Gasteiger partial charge in [-0.05, 0) is 54.6 Å². The van der Waals surface area contributed by atoms with Gasteiger partial charge in [0.15, 0.2) is 0 Å². The molecule has 1 N–H and O–H groups in total. The molecule has 0 aliphatic carbocycles. The van der Waals surface area contributed by atoms with Crippen molar-refractivity contribution in [2.45, 2.75) is 32.8 Å². The van der Waals surface area contributed by atoms with Crippen LogP contribution < -0.4 is 0 Å². The van der Waals surface area contributed by atoms with E-state index in [0.717, 1.165) is 24.1 Å². The van der Waals surface area contributed by atoms with E-state index in [9.17, 15) is 5.11 Å². The first kappa shape index (κ1) is 14.3. The van der Waals surface area contributed by atoms with Gasteiger partial charge in [-0.15, -0.1) is 11.3 Å². The SMILES string of the molecule is Cc1nn(C)c(C)c1CCC(O)c1cccc2ccsc12. The Hall–Kier alpha value is -1.65. The van der Waals surface area contributed by atoms with E-state index in [4.69, 9.17) is 0 Å². The summed E-state index contributed by atoms with van der Waals surface area (Å²) in [5.74, 6) is 0. The second kappa shape index (κ2) is 5.62. The molecule has 3 nitrogen and oxygen atoms in total. The van der Waals surface area contributed by atoms with Gasteiger partial charge >= 0.3 is 0 Å². The second-order valence-corrected chi connectivity index (χ2v) is 6.43. The highest BCUT2D eigenvalue weighted by atomic mass is 32.1. The highest BCUT2D eigenvalue weighted by Gasteiger charge is 2.15. The van der Waals surface area contributed by atoms with Crippen molar-refractivity contribution >= 4 is 21.4 Å². The predicted octanol–water partition coefficient (Wildman–Crippen LogP) is 3.92. The fourth-order valence-electron chi connectivity index (χ4n) is 2.89. The summed E-state index contributed by atoms with van der Waals surface area (Å²) in [5.41, 5.74) is 4.56. The van der Waals surface area contributed by atoms with Crippen LogP contribution in [0, 0.1) is 13.8 Å². The summed E-state index contributed by atoms with van der Waals surface area (Å²) in [4.78, 5) is 0. The van der Waals surface area contributed by atoms with Crippen LogP contribution in [-0.2, 0) is 13.5 Å². The number of aliphatic hydroxyl groups is 1. The van der Waals surface area contributed by atoms with Crippen molar-refractivity contribution in [3.8, 4) is 0 Å². The minimum atomic E-state index is -0.425. The Balaban J connectivity index is 1.80. The average Bonchev–Trinajstić information content (AvgIpc) is 3.02. The molecule has 3 aromatic rings. The quantitative estimate of drug-likeness (QED) is 0.793. The van der Waals surface area contributed by atoms with Gasteiger partial charge in [0, 0.05) is 17.4 Å². The molecule has 2 heterocycles. The summed E-state index contributed by atoms with van der Waals surface area (Å²) in [6, 6.07) is 8.25. The third kappa shape index (κ3) is 2.61. The van der Waals surface area contributed by atoms with Gasteiger partial charge in [0.25, 0.3) is 0 Å². The van der Waals surface area contributed by atoms with Gasteiger partial charge in [0.1, 0.15) is 0 Å².